The van der Waals surface area contributed by atoms with Gasteiger partial charge >= 0.3 is 0 Å². The number of nitrogens with zero attached hydrogens (tertiary/aromatic N) is 1. The van der Waals surface area contributed by atoms with Gasteiger partial charge in [-0.15, -0.1) is 0 Å². The molecule has 0 aliphatic carbocycles. The summed E-state index contributed by atoms with van der Waals surface area (Å²) in [6.45, 7) is 4.27. The van der Waals surface area contributed by atoms with Crippen molar-refractivity contribution in [3.63, 3.8) is 0 Å². The highest BCUT2D eigenvalue weighted by Crippen LogP contribution is 2.30. The molecule has 4 aromatic rings. The minimum Gasteiger partial charge on any atom is -0.488 e. The smallest absolute Gasteiger partial charge is 0.247 e. The van der Waals surface area contributed by atoms with Crippen LogP contribution < -0.4 is 10.1 Å². The molecule has 152 valence electrons. The van der Waals surface area contributed by atoms with Gasteiger partial charge in [-0.1, -0.05) is 54.1 Å². The number of anilines is 1. The van der Waals surface area contributed by atoms with Gasteiger partial charge in [0.2, 0.25) is 5.91 Å². The largest absolute Gasteiger partial charge is 0.488 e. The Morgan fingerprint density at radius 1 is 1.03 bits per heavy atom. The lowest BCUT2D eigenvalue weighted by molar-refractivity contribution is -0.118. The SMILES string of the molecule is Cc1c(Cl)cccc1NC(=O)C(C)n1ccc2c(OCc3ccccc3)cccc21. The second-order valence-electron chi connectivity index (χ2n) is 7.26. The lowest BCUT2D eigenvalue weighted by Gasteiger charge is -2.17. The molecule has 0 aliphatic heterocycles. The predicted octanol–water partition coefficient (Wildman–Crippen LogP) is 6.38. The van der Waals surface area contributed by atoms with Gasteiger partial charge in [0, 0.05) is 22.3 Å². The van der Waals surface area contributed by atoms with Gasteiger partial charge in [0.1, 0.15) is 18.4 Å². The van der Waals surface area contributed by atoms with Crippen LogP contribution in [-0.2, 0) is 11.4 Å². The fourth-order valence-corrected chi connectivity index (χ4v) is 3.64. The van der Waals surface area contributed by atoms with Gasteiger partial charge in [0.05, 0.1) is 5.52 Å². The Labute approximate surface area is 181 Å². The monoisotopic (exact) mass is 418 g/mol. The number of carbonyl (C=O) groups is 1. The van der Waals surface area contributed by atoms with E-state index in [2.05, 4.69) is 5.32 Å². The Kier molecular flexibility index (Phi) is 5.77. The molecule has 0 spiro atoms. The summed E-state index contributed by atoms with van der Waals surface area (Å²) < 4.78 is 8.01. The Bertz CT molecular complexity index is 1180. The molecule has 1 unspecified atom stereocenters. The van der Waals surface area contributed by atoms with E-state index in [9.17, 15) is 4.79 Å². The van der Waals surface area contributed by atoms with Crippen LogP contribution in [0.4, 0.5) is 5.69 Å². The lowest BCUT2D eigenvalue weighted by atomic mass is 10.2. The molecular formula is C25H23ClN2O2. The molecule has 0 bridgehead atoms. The molecule has 4 nitrogen and oxygen atoms in total. The molecule has 4 rings (SSSR count). The zero-order chi connectivity index (χ0) is 21.1. The number of hydrogen-bond donors (Lipinski definition) is 1. The van der Waals surface area contributed by atoms with E-state index >= 15 is 0 Å². The molecule has 1 N–H and O–H groups in total. The van der Waals surface area contributed by atoms with Gasteiger partial charge in [-0.3, -0.25) is 4.79 Å². The fourth-order valence-electron chi connectivity index (χ4n) is 3.47. The minimum atomic E-state index is -0.398. The van der Waals surface area contributed by atoms with Crippen LogP contribution in [0.5, 0.6) is 5.75 Å². The quantitative estimate of drug-likeness (QED) is 0.394. The summed E-state index contributed by atoms with van der Waals surface area (Å²) in [4.78, 5) is 12.9. The molecule has 0 fully saturated rings. The summed E-state index contributed by atoms with van der Waals surface area (Å²) in [7, 11) is 0. The molecule has 0 saturated heterocycles. The third-order valence-corrected chi connectivity index (χ3v) is 5.69. The maximum absolute atomic E-state index is 12.9. The van der Waals surface area contributed by atoms with Gasteiger partial charge in [0.15, 0.2) is 0 Å². The highest BCUT2D eigenvalue weighted by molar-refractivity contribution is 6.31. The number of halogens is 1. The van der Waals surface area contributed by atoms with Gasteiger partial charge in [-0.2, -0.15) is 0 Å². The van der Waals surface area contributed by atoms with Crippen molar-refractivity contribution in [3.05, 3.63) is 95.1 Å². The first-order valence-electron chi connectivity index (χ1n) is 9.87. The van der Waals surface area contributed by atoms with E-state index in [0.29, 0.717) is 11.6 Å². The second kappa shape index (κ2) is 8.64. The molecule has 5 heteroatoms. The zero-order valence-corrected chi connectivity index (χ0v) is 17.7. The number of benzene rings is 3. The summed E-state index contributed by atoms with van der Waals surface area (Å²) in [6.07, 6.45) is 1.93. The molecule has 30 heavy (non-hydrogen) atoms. The van der Waals surface area contributed by atoms with Gasteiger partial charge < -0.3 is 14.6 Å². The van der Waals surface area contributed by atoms with Gasteiger partial charge in [-0.05, 0) is 55.3 Å². The van der Waals surface area contributed by atoms with Crippen molar-refractivity contribution < 1.29 is 9.53 Å². The van der Waals surface area contributed by atoms with Crippen LogP contribution in [0.2, 0.25) is 5.02 Å². The van der Waals surface area contributed by atoms with Gasteiger partial charge in [0.25, 0.3) is 0 Å². The van der Waals surface area contributed by atoms with Crippen LogP contribution in [0, 0.1) is 6.92 Å². The summed E-state index contributed by atoms with van der Waals surface area (Å²) >= 11 is 6.18. The van der Waals surface area contributed by atoms with Gasteiger partial charge in [-0.25, -0.2) is 0 Å². The van der Waals surface area contributed by atoms with Crippen LogP contribution in [0.25, 0.3) is 10.9 Å². The number of aromatic nitrogens is 1. The average molecular weight is 419 g/mol. The van der Waals surface area contributed by atoms with Crippen LogP contribution >= 0.6 is 11.6 Å². The van der Waals surface area contributed by atoms with Crippen LogP contribution in [-0.4, -0.2) is 10.5 Å². The van der Waals surface area contributed by atoms with E-state index in [4.69, 9.17) is 16.3 Å². The van der Waals surface area contributed by atoms with Crippen molar-refractivity contribution in [3.8, 4) is 5.75 Å². The third kappa shape index (κ3) is 4.05. The standard InChI is InChI=1S/C25H23ClN2O2/c1-17-21(26)10-6-11-22(17)27-25(29)18(2)28-15-14-20-23(28)12-7-13-24(20)30-16-19-8-4-3-5-9-19/h3-15,18H,16H2,1-2H3,(H,27,29). The van der Waals surface area contributed by atoms with E-state index in [1.807, 2.05) is 97.4 Å². The minimum absolute atomic E-state index is 0.103. The van der Waals surface area contributed by atoms with E-state index in [-0.39, 0.29) is 5.91 Å². The third-order valence-electron chi connectivity index (χ3n) is 5.28. The highest BCUT2D eigenvalue weighted by Gasteiger charge is 2.19. The Morgan fingerprint density at radius 2 is 1.80 bits per heavy atom. The average Bonchev–Trinajstić information content (AvgIpc) is 3.20. The number of amides is 1. The molecule has 1 heterocycles. The van der Waals surface area contributed by atoms with Crippen molar-refractivity contribution in [2.45, 2.75) is 26.5 Å². The molecule has 0 radical (unpaired) electrons. The molecule has 1 amide bonds. The predicted molar refractivity (Wildman–Crippen MR) is 122 cm³/mol. The number of nitrogens with one attached hydrogen (secondary N) is 1. The maximum atomic E-state index is 12.9. The van der Waals surface area contributed by atoms with Crippen LogP contribution in [0.15, 0.2) is 79.0 Å². The Balaban J connectivity index is 1.55. The van der Waals surface area contributed by atoms with Crippen LogP contribution in [0.3, 0.4) is 0 Å². The number of carbonyl (C=O) groups excluding carboxylic acids is 1. The lowest BCUT2D eigenvalue weighted by Crippen LogP contribution is -2.23. The molecule has 1 atom stereocenters. The summed E-state index contributed by atoms with van der Waals surface area (Å²) in [5, 5.41) is 4.60. The zero-order valence-electron chi connectivity index (χ0n) is 16.9. The van der Waals surface area contributed by atoms with Crippen molar-refractivity contribution in [1.29, 1.82) is 0 Å². The van der Waals surface area contributed by atoms with Crippen molar-refractivity contribution in [1.82, 2.24) is 4.57 Å². The number of fused-ring (bicyclic) bond motifs is 1. The number of rotatable bonds is 6. The molecule has 0 aliphatic rings. The topological polar surface area (TPSA) is 43.3 Å². The molecular weight excluding hydrogens is 396 g/mol. The molecule has 1 aromatic heterocycles. The van der Waals surface area contributed by atoms with Crippen LogP contribution in [0.1, 0.15) is 24.1 Å². The summed E-state index contributed by atoms with van der Waals surface area (Å²) in [5.74, 6) is 0.696. The maximum Gasteiger partial charge on any atom is 0.247 e. The highest BCUT2D eigenvalue weighted by atomic mass is 35.5. The normalized spacial score (nSPS) is 12.0. The Hall–Kier alpha value is -3.24. The Morgan fingerprint density at radius 3 is 2.60 bits per heavy atom. The first-order valence-corrected chi connectivity index (χ1v) is 10.2. The van der Waals surface area contributed by atoms with E-state index < -0.39 is 6.04 Å². The first kappa shape index (κ1) is 20.0. The van der Waals surface area contributed by atoms with E-state index in [0.717, 1.165) is 33.5 Å². The summed E-state index contributed by atoms with van der Waals surface area (Å²) in [6, 6.07) is 23.1. The fraction of sp³-hybridized carbons (Fsp3) is 0.160. The molecule has 0 saturated carbocycles. The summed E-state index contributed by atoms with van der Waals surface area (Å²) in [5.41, 5.74) is 3.64. The number of ether oxygens (including phenoxy) is 1. The van der Waals surface area contributed by atoms with Crippen molar-refractivity contribution >= 4 is 34.1 Å². The first-order chi connectivity index (χ1) is 14.5. The van der Waals surface area contributed by atoms with E-state index in [1.54, 1.807) is 0 Å². The number of hydrogen-bond acceptors (Lipinski definition) is 2. The second-order valence-corrected chi connectivity index (χ2v) is 7.67. The van der Waals surface area contributed by atoms with Crippen molar-refractivity contribution in [2.75, 3.05) is 5.32 Å². The van der Waals surface area contributed by atoms with Crippen molar-refractivity contribution in [2.24, 2.45) is 0 Å². The van der Waals surface area contributed by atoms with E-state index in [1.165, 1.54) is 0 Å². The molecule has 3 aromatic carbocycles.